The van der Waals surface area contributed by atoms with E-state index in [1.54, 1.807) is 34.0 Å². The molecule has 2 aromatic carbocycles. The Balaban J connectivity index is 1.90. The van der Waals surface area contributed by atoms with Crippen molar-refractivity contribution in [2.45, 2.75) is 45.3 Å². The fourth-order valence-corrected chi connectivity index (χ4v) is 5.83. The Morgan fingerprint density at radius 2 is 1.77 bits per heavy atom. The van der Waals surface area contributed by atoms with Crippen molar-refractivity contribution in [2.24, 2.45) is 17.5 Å². The summed E-state index contributed by atoms with van der Waals surface area (Å²) in [6.07, 6.45) is 3.18. The maximum absolute atomic E-state index is 14.6. The Labute approximate surface area is 226 Å². The molecule has 1 atom stereocenters. The first-order valence-corrected chi connectivity index (χ1v) is 13.1. The second-order valence-corrected chi connectivity index (χ2v) is 11.0. The van der Waals surface area contributed by atoms with Gasteiger partial charge >= 0.3 is 0 Å². The number of hydrogen-bond donors (Lipinski definition) is 3. The van der Waals surface area contributed by atoms with Crippen LogP contribution in [0.4, 0.5) is 8.78 Å². The Bertz CT molecular complexity index is 1540. The van der Waals surface area contributed by atoms with E-state index in [-0.39, 0.29) is 5.92 Å². The van der Waals surface area contributed by atoms with E-state index in [1.165, 1.54) is 17.1 Å². The first-order chi connectivity index (χ1) is 18.5. The molecule has 0 amide bonds. The lowest BCUT2D eigenvalue weighted by Gasteiger charge is -2.33. The number of aromatic nitrogens is 2. The molecule has 7 nitrogen and oxygen atoms in total. The number of nitrogens with zero attached hydrogens (tertiary/aromatic N) is 3. The zero-order valence-corrected chi connectivity index (χ0v) is 22.7. The van der Waals surface area contributed by atoms with Crippen LogP contribution in [-0.2, 0) is 10.3 Å². The number of nitrogens with two attached hydrogens (primary N) is 2. The van der Waals surface area contributed by atoms with Crippen molar-refractivity contribution in [3.05, 3.63) is 82.7 Å². The van der Waals surface area contributed by atoms with Crippen molar-refractivity contribution >= 4 is 27.6 Å². The Kier molecular flexibility index (Phi) is 7.09. The average molecular weight is 536 g/mol. The highest BCUT2D eigenvalue weighted by Crippen LogP contribution is 2.42. The van der Waals surface area contributed by atoms with Gasteiger partial charge < -0.3 is 25.2 Å². The summed E-state index contributed by atoms with van der Waals surface area (Å²) >= 11 is 0. The molecule has 5 rings (SSSR count). The van der Waals surface area contributed by atoms with Gasteiger partial charge in [-0.3, -0.25) is 4.98 Å². The molecule has 1 unspecified atom stereocenters. The van der Waals surface area contributed by atoms with Crippen molar-refractivity contribution in [1.29, 1.82) is 0 Å². The standard InChI is InChI=1S/C30H35F2N5O2/c1-17(33)28(36(4)34)20-13-26-27(35-16-20)24-6-5-21(30(2,3)38)14-25(24)37(26)29(18-7-9-39-10-8-18)19-11-22(31)15-23(32)12-19/h5-6,11-16,18,29,38H,7-10,33-34H2,1-4H3/b28-17-. The van der Waals surface area contributed by atoms with Gasteiger partial charge in [-0.2, -0.15) is 0 Å². The molecule has 1 aliphatic heterocycles. The number of rotatable bonds is 6. The molecule has 2 aromatic heterocycles. The number of fused-ring (bicyclic) bond motifs is 3. The highest BCUT2D eigenvalue weighted by Gasteiger charge is 2.32. The Morgan fingerprint density at radius 1 is 1.10 bits per heavy atom. The molecule has 0 spiro atoms. The molecular formula is C30H35F2N5O2. The SMILES string of the molecule is C/C(N)=C(\c1cnc2c3ccc(C(C)(C)O)cc3n(C(c3cc(F)cc(F)c3)C3CCOCC3)c2c1)N(C)N. The molecule has 206 valence electrons. The van der Waals surface area contributed by atoms with Crippen LogP contribution in [0.5, 0.6) is 0 Å². The van der Waals surface area contributed by atoms with Gasteiger partial charge in [0.2, 0.25) is 0 Å². The number of ether oxygens (including phenoxy) is 1. The average Bonchev–Trinajstić information content (AvgIpc) is 3.16. The van der Waals surface area contributed by atoms with Gasteiger partial charge in [-0.1, -0.05) is 12.1 Å². The van der Waals surface area contributed by atoms with Crippen LogP contribution in [0, 0.1) is 17.6 Å². The highest BCUT2D eigenvalue weighted by molar-refractivity contribution is 6.06. The summed E-state index contributed by atoms with van der Waals surface area (Å²) in [6.45, 7) is 6.35. The molecule has 1 fully saturated rings. The first kappa shape index (κ1) is 27.1. The van der Waals surface area contributed by atoms with E-state index < -0.39 is 23.3 Å². The smallest absolute Gasteiger partial charge is 0.126 e. The van der Waals surface area contributed by atoms with Crippen LogP contribution < -0.4 is 11.6 Å². The van der Waals surface area contributed by atoms with Crippen LogP contribution in [0.1, 0.15) is 56.3 Å². The molecule has 0 radical (unpaired) electrons. The fourth-order valence-electron chi connectivity index (χ4n) is 5.83. The summed E-state index contributed by atoms with van der Waals surface area (Å²) in [5.74, 6) is 4.91. The number of benzene rings is 2. The summed E-state index contributed by atoms with van der Waals surface area (Å²) in [4.78, 5) is 4.84. The second kappa shape index (κ2) is 10.2. The largest absolute Gasteiger partial charge is 0.401 e. The number of aliphatic hydroxyl groups is 1. The minimum absolute atomic E-state index is 0.0386. The van der Waals surface area contributed by atoms with E-state index in [2.05, 4.69) is 4.57 Å². The van der Waals surface area contributed by atoms with E-state index >= 15 is 0 Å². The van der Waals surface area contributed by atoms with E-state index in [9.17, 15) is 13.9 Å². The van der Waals surface area contributed by atoms with Gasteiger partial charge in [0.25, 0.3) is 0 Å². The van der Waals surface area contributed by atoms with E-state index in [1.807, 2.05) is 24.3 Å². The van der Waals surface area contributed by atoms with Gasteiger partial charge in [-0.15, -0.1) is 0 Å². The zero-order chi connectivity index (χ0) is 28.1. The van der Waals surface area contributed by atoms with E-state index in [0.29, 0.717) is 30.2 Å². The molecule has 39 heavy (non-hydrogen) atoms. The molecule has 3 heterocycles. The summed E-state index contributed by atoms with van der Waals surface area (Å²) in [5.41, 5.74) is 10.5. The van der Waals surface area contributed by atoms with Crippen molar-refractivity contribution in [2.75, 3.05) is 20.3 Å². The lowest BCUT2D eigenvalue weighted by Crippen LogP contribution is -2.28. The molecule has 1 saturated heterocycles. The van der Waals surface area contributed by atoms with Gasteiger partial charge in [0.15, 0.2) is 0 Å². The van der Waals surface area contributed by atoms with Crippen LogP contribution >= 0.6 is 0 Å². The van der Waals surface area contributed by atoms with E-state index in [4.69, 9.17) is 21.3 Å². The summed E-state index contributed by atoms with van der Waals surface area (Å²) in [6, 6.07) is 11.0. The van der Waals surface area contributed by atoms with Gasteiger partial charge in [0.1, 0.15) is 11.6 Å². The van der Waals surface area contributed by atoms with Crippen LogP contribution in [-0.4, -0.2) is 39.9 Å². The van der Waals surface area contributed by atoms with Gasteiger partial charge in [-0.25, -0.2) is 14.6 Å². The number of hydrogen-bond acceptors (Lipinski definition) is 6. The van der Waals surface area contributed by atoms with Crippen molar-refractivity contribution in [1.82, 2.24) is 14.6 Å². The van der Waals surface area contributed by atoms with Crippen LogP contribution in [0.2, 0.25) is 0 Å². The molecule has 0 aliphatic carbocycles. The van der Waals surface area contributed by atoms with Crippen molar-refractivity contribution < 1.29 is 18.6 Å². The predicted molar refractivity (Wildman–Crippen MR) is 149 cm³/mol. The lowest BCUT2D eigenvalue weighted by atomic mass is 9.86. The third kappa shape index (κ3) is 5.09. The summed E-state index contributed by atoms with van der Waals surface area (Å²) in [7, 11) is 1.71. The number of pyridine rings is 1. The Hall–Kier alpha value is -3.53. The molecular weight excluding hydrogens is 500 g/mol. The third-order valence-corrected chi connectivity index (χ3v) is 7.56. The topological polar surface area (TPSA) is 103 Å². The summed E-state index contributed by atoms with van der Waals surface area (Å²) < 4.78 is 37.0. The highest BCUT2D eigenvalue weighted by atomic mass is 19.1. The van der Waals surface area contributed by atoms with Crippen molar-refractivity contribution in [3.63, 3.8) is 0 Å². The fraction of sp³-hybridized carbons (Fsp3) is 0.367. The van der Waals surface area contributed by atoms with Gasteiger partial charge in [0.05, 0.1) is 33.9 Å². The Morgan fingerprint density at radius 3 is 2.36 bits per heavy atom. The first-order valence-electron chi connectivity index (χ1n) is 13.1. The maximum atomic E-state index is 14.6. The molecule has 9 heteroatoms. The quantitative estimate of drug-likeness (QED) is 0.233. The molecule has 0 saturated carbocycles. The van der Waals surface area contributed by atoms with Gasteiger partial charge in [0, 0.05) is 49.2 Å². The van der Waals surface area contributed by atoms with E-state index in [0.717, 1.165) is 52.0 Å². The predicted octanol–water partition coefficient (Wildman–Crippen LogP) is 5.16. The number of hydrazine groups is 1. The molecule has 5 N–H and O–H groups in total. The minimum Gasteiger partial charge on any atom is -0.401 e. The summed E-state index contributed by atoms with van der Waals surface area (Å²) in [5, 5.41) is 13.2. The van der Waals surface area contributed by atoms with Crippen LogP contribution in [0.25, 0.3) is 27.6 Å². The van der Waals surface area contributed by atoms with Crippen molar-refractivity contribution in [3.8, 4) is 0 Å². The molecule has 1 aliphatic rings. The maximum Gasteiger partial charge on any atom is 0.126 e. The number of allylic oxidation sites excluding steroid dienone is 1. The van der Waals surface area contributed by atoms with Crippen LogP contribution in [0.3, 0.4) is 0 Å². The number of halogens is 2. The minimum atomic E-state index is -1.10. The monoisotopic (exact) mass is 535 g/mol. The second-order valence-electron chi connectivity index (χ2n) is 11.0. The molecule has 4 aromatic rings. The lowest BCUT2D eigenvalue weighted by molar-refractivity contribution is 0.0552. The zero-order valence-electron chi connectivity index (χ0n) is 22.7. The third-order valence-electron chi connectivity index (χ3n) is 7.56. The van der Waals surface area contributed by atoms with Gasteiger partial charge in [-0.05, 0) is 74.9 Å². The molecule has 0 bridgehead atoms. The van der Waals surface area contributed by atoms with Crippen LogP contribution in [0.15, 0.2) is 54.4 Å². The normalized spacial score (nSPS) is 16.5.